The SMILES string of the molecule is NC(=O)CCC(=O)Nc1ccc(SC(F)F)cn1. The second kappa shape index (κ2) is 6.90. The van der Waals surface area contributed by atoms with Gasteiger partial charge in [0.1, 0.15) is 5.82 Å². The molecule has 0 aromatic carbocycles. The van der Waals surface area contributed by atoms with Crippen molar-refractivity contribution in [3.05, 3.63) is 18.3 Å². The van der Waals surface area contributed by atoms with E-state index in [4.69, 9.17) is 5.73 Å². The normalized spacial score (nSPS) is 10.4. The number of nitrogens with two attached hydrogens (primary N) is 1. The van der Waals surface area contributed by atoms with E-state index in [-0.39, 0.29) is 18.7 Å². The summed E-state index contributed by atoms with van der Waals surface area (Å²) >= 11 is 0.370. The van der Waals surface area contributed by atoms with Crippen LogP contribution in [0.1, 0.15) is 12.8 Å². The molecule has 0 atom stereocenters. The Morgan fingerprint density at radius 2 is 2.11 bits per heavy atom. The lowest BCUT2D eigenvalue weighted by atomic mass is 10.3. The van der Waals surface area contributed by atoms with E-state index in [1.807, 2.05) is 0 Å². The van der Waals surface area contributed by atoms with Gasteiger partial charge in [-0.1, -0.05) is 11.8 Å². The number of rotatable bonds is 6. The van der Waals surface area contributed by atoms with Gasteiger partial charge in [0, 0.05) is 23.9 Å². The largest absolute Gasteiger partial charge is 0.370 e. The maximum absolute atomic E-state index is 12.0. The summed E-state index contributed by atoms with van der Waals surface area (Å²) in [6, 6.07) is 2.83. The van der Waals surface area contributed by atoms with Crippen molar-refractivity contribution in [1.82, 2.24) is 4.98 Å². The number of alkyl halides is 2. The third-order valence-corrected chi connectivity index (χ3v) is 2.52. The first kappa shape index (κ1) is 14.4. The molecule has 0 spiro atoms. The van der Waals surface area contributed by atoms with Crippen molar-refractivity contribution in [2.24, 2.45) is 5.73 Å². The molecule has 98 valence electrons. The molecule has 8 heteroatoms. The molecule has 0 aliphatic rings. The maximum atomic E-state index is 12.0. The number of anilines is 1. The minimum absolute atomic E-state index is 0.0372. The predicted molar refractivity (Wildman–Crippen MR) is 63.2 cm³/mol. The van der Waals surface area contributed by atoms with Gasteiger partial charge in [0.2, 0.25) is 11.8 Å². The molecule has 0 aliphatic heterocycles. The molecule has 5 nitrogen and oxygen atoms in total. The minimum Gasteiger partial charge on any atom is -0.370 e. The molecule has 1 aromatic rings. The van der Waals surface area contributed by atoms with E-state index >= 15 is 0 Å². The molecule has 0 saturated carbocycles. The van der Waals surface area contributed by atoms with Gasteiger partial charge in [0.15, 0.2) is 0 Å². The van der Waals surface area contributed by atoms with Gasteiger partial charge >= 0.3 is 0 Å². The number of nitrogens with zero attached hydrogens (tertiary/aromatic N) is 1. The van der Waals surface area contributed by atoms with Gasteiger partial charge < -0.3 is 11.1 Å². The molecule has 0 fully saturated rings. The maximum Gasteiger partial charge on any atom is 0.288 e. The third-order valence-electron chi connectivity index (χ3n) is 1.83. The summed E-state index contributed by atoms with van der Waals surface area (Å²) in [6.07, 6.45) is 1.15. The second-order valence-electron chi connectivity index (χ2n) is 3.27. The summed E-state index contributed by atoms with van der Waals surface area (Å²) in [5.74, 6) is -3.25. The molecule has 0 saturated heterocycles. The highest BCUT2D eigenvalue weighted by Gasteiger charge is 2.07. The number of pyridine rings is 1. The van der Waals surface area contributed by atoms with Crippen molar-refractivity contribution in [2.75, 3.05) is 5.32 Å². The fraction of sp³-hybridized carbons (Fsp3) is 0.300. The van der Waals surface area contributed by atoms with Crippen LogP contribution in [-0.4, -0.2) is 22.6 Å². The van der Waals surface area contributed by atoms with Crippen LogP contribution >= 0.6 is 11.8 Å². The highest BCUT2D eigenvalue weighted by Crippen LogP contribution is 2.24. The Kier molecular flexibility index (Phi) is 5.50. The number of amides is 2. The first-order valence-corrected chi connectivity index (χ1v) is 5.84. The van der Waals surface area contributed by atoms with Gasteiger partial charge in [0.25, 0.3) is 5.76 Å². The van der Waals surface area contributed by atoms with Gasteiger partial charge in [-0.05, 0) is 12.1 Å². The Balaban J connectivity index is 2.48. The molecule has 1 aromatic heterocycles. The van der Waals surface area contributed by atoms with Crippen LogP contribution in [0.3, 0.4) is 0 Å². The predicted octanol–water partition coefficient (Wildman–Crippen LogP) is 1.60. The lowest BCUT2D eigenvalue weighted by Crippen LogP contribution is -2.17. The van der Waals surface area contributed by atoms with Crippen LogP contribution in [-0.2, 0) is 9.59 Å². The van der Waals surface area contributed by atoms with E-state index in [0.29, 0.717) is 16.7 Å². The quantitative estimate of drug-likeness (QED) is 0.772. The summed E-state index contributed by atoms with van der Waals surface area (Å²) in [7, 11) is 0. The van der Waals surface area contributed by atoms with Gasteiger partial charge in [-0.15, -0.1) is 0 Å². The molecule has 0 aliphatic carbocycles. The summed E-state index contributed by atoms with van der Waals surface area (Å²) in [4.78, 5) is 25.9. The van der Waals surface area contributed by atoms with E-state index in [0.717, 1.165) is 0 Å². The van der Waals surface area contributed by atoms with Crippen LogP contribution in [0.2, 0.25) is 0 Å². The van der Waals surface area contributed by atoms with Crippen LogP contribution in [0.15, 0.2) is 23.2 Å². The van der Waals surface area contributed by atoms with Crippen molar-refractivity contribution in [1.29, 1.82) is 0 Å². The van der Waals surface area contributed by atoms with Crippen LogP contribution in [0.5, 0.6) is 0 Å². The smallest absolute Gasteiger partial charge is 0.288 e. The number of carbonyl (C=O) groups is 2. The number of hydrogen-bond acceptors (Lipinski definition) is 4. The number of aromatic nitrogens is 1. The van der Waals surface area contributed by atoms with E-state index in [9.17, 15) is 18.4 Å². The zero-order valence-electron chi connectivity index (χ0n) is 9.23. The fourth-order valence-electron chi connectivity index (χ4n) is 1.07. The van der Waals surface area contributed by atoms with Gasteiger partial charge in [-0.3, -0.25) is 9.59 Å². The molecule has 0 bridgehead atoms. The number of primary amides is 1. The molecule has 3 N–H and O–H groups in total. The lowest BCUT2D eigenvalue weighted by Gasteiger charge is -2.04. The van der Waals surface area contributed by atoms with E-state index < -0.39 is 17.6 Å². The van der Waals surface area contributed by atoms with Crippen LogP contribution < -0.4 is 11.1 Å². The van der Waals surface area contributed by atoms with Crippen molar-refractivity contribution in [2.45, 2.75) is 23.5 Å². The topological polar surface area (TPSA) is 85.1 Å². The zero-order chi connectivity index (χ0) is 13.5. The van der Waals surface area contributed by atoms with Gasteiger partial charge in [0.05, 0.1) is 0 Å². The Hall–Kier alpha value is -1.70. The molecule has 1 rings (SSSR count). The number of halogens is 2. The Labute approximate surface area is 106 Å². The molecular formula is C10H11F2N3O2S. The summed E-state index contributed by atoms with van der Waals surface area (Å²) in [6.45, 7) is 0. The van der Waals surface area contributed by atoms with Crippen molar-refractivity contribution < 1.29 is 18.4 Å². The molecule has 18 heavy (non-hydrogen) atoms. The summed E-state index contributed by atoms with van der Waals surface area (Å²) in [5.41, 5.74) is 4.89. The van der Waals surface area contributed by atoms with Gasteiger partial charge in [-0.25, -0.2) is 4.98 Å². The first-order chi connectivity index (χ1) is 8.47. The molecule has 2 amide bonds. The van der Waals surface area contributed by atoms with Crippen molar-refractivity contribution in [3.63, 3.8) is 0 Å². The highest BCUT2D eigenvalue weighted by molar-refractivity contribution is 7.99. The molecule has 0 radical (unpaired) electrons. The Morgan fingerprint density at radius 3 is 2.61 bits per heavy atom. The lowest BCUT2D eigenvalue weighted by molar-refractivity contribution is -0.122. The van der Waals surface area contributed by atoms with Crippen molar-refractivity contribution in [3.8, 4) is 0 Å². The van der Waals surface area contributed by atoms with Crippen LogP contribution in [0, 0.1) is 0 Å². The number of carbonyl (C=O) groups excluding carboxylic acids is 2. The first-order valence-electron chi connectivity index (χ1n) is 4.96. The average molecular weight is 275 g/mol. The molecule has 1 heterocycles. The number of hydrogen-bond donors (Lipinski definition) is 2. The highest BCUT2D eigenvalue weighted by atomic mass is 32.2. The number of thioether (sulfide) groups is 1. The number of nitrogens with one attached hydrogen (secondary N) is 1. The van der Waals surface area contributed by atoms with E-state index in [2.05, 4.69) is 10.3 Å². The zero-order valence-corrected chi connectivity index (χ0v) is 10.0. The Bertz CT molecular complexity index is 426. The van der Waals surface area contributed by atoms with Crippen molar-refractivity contribution >= 4 is 29.4 Å². The summed E-state index contributed by atoms with van der Waals surface area (Å²) < 4.78 is 24.1. The average Bonchev–Trinajstić information content (AvgIpc) is 2.28. The third kappa shape index (κ3) is 5.58. The fourth-order valence-corrected chi connectivity index (χ4v) is 1.53. The molecular weight excluding hydrogens is 264 g/mol. The van der Waals surface area contributed by atoms with E-state index in [1.54, 1.807) is 0 Å². The summed E-state index contributed by atoms with van der Waals surface area (Å²) in [5, 5.41) is 2.42. The van der Waals surface area contributed by atoms with Gasteiger partial charge in [-0.2, -0.15) is 8.78 Å². The van der Waals surface area contributed by atoms with Crippen LogP contribution in [0.25, 0.3) is 0 Å². The standard InChI is InChI=1S/C10H11F2N3O2S/c11-10(12)18-6-1-3-8(14-5-6)15-9(17)4-2-7(13)16/h1,3,5,10H,2,4H2,(H2,13,16)(H,14,15,17). The minimum atomic E-state index is -2.51. The second-order valence-corrected chi connectivity index (χ2v) is 4.34. The Morgan fingerprint density at radius 1 is 1.39 bits per heavy atom. The molecule has 0 unspecified atom stereocenters. The van der Waals surface area contributed by atoms with E-state index in [1.165, 1.54) is 18.3 Å². The van der Waals surface area contributed by atoms with Crippen LogP contribution in [0.4, 0.5) is 14.6 Å². The monoisotopic (exact) mass is 275 g/mol.